The minimum absolute atomic E-state index is 0.170. The summed E-state index contributed by atoms with van der Waals surface area (Å²) in [4.78, 5) is 0. The van der Waals surface area contributed by atoms with E-state index in [9.17, 15) is 8.78 Å². The van der Waals surface area contributed by atoms with Crippen molar-refractivity contribution in [2.24, 2.45) is 11.5 Å². The number of benzene rings is 1. The summed E-state index contributed by atoms with van der Waals surface area (Å²) in [6, 6.07) is 2.66. The molecule has 0 saturated carbocycles. The third-order valence-corrected chi connectivity index (χ3v) is 1.57. The average Bonchev–Trinajstić information content (AvgIpc) is 2.01. The maximum absolute atomic E-state index is 12.6. The Morgan fingerprint density at radius 2 is 1.67 bits per heavy atom. The van der Waals surface area contributed by atoms with E-state index in [1.165, 1.54) is 12.1 Å². The zero-order chi connectivity index (χ0) is 9.14. The lowest BCUT2D eigenvalue weighted by Crippen LogP contribution is -2.20. The van der Waals surface area contributed by atoms with E-state index in [4.69, 9.17) is 11.5 Å². The molecule has 1 rings (SSSR count). The van der Waals surface area contributed by atoms with Gasteiger partial charge in [0.1, 0.15) is 11.6 Å². The van der Waals surface area contributed by atoms with E-state index >= 15 is 0 Å². The first-order valence-corrected chi connectivity index (χ1v) is 3.55. The maximum Gasteiger partial charge on any atom is 0.126 e. The van der Waals surface area contributed by atoms with Crippen molar-refractivity contribution in [2.75, 3.05) is 6.54 Å². The minimum atomic E-state index is -0.631. The van der Waals surface area contributed by atoms with Crippen LogP contribution in [0.4, 0.5) is 8.78 Å². The van der Waals surface area contributed by atoms with Gasteiger partial charge in [-0.3, -0.25) is 0 Å². The fraction of sp³-hybridized carbons (Fsp3) is 0.250. The van der Waals surface area contributed by atoms with E-state index < -0.39 is 17.7 Å². The smallest absolute Gasteiger partial charge is 0.126 e. The molecule has 12 heavy (non-hydrogen) atoms. The second-order valence-corrected chi connectivity index (χ2v) is 2.54. The molecular formula is C8H10F2N2. The van der Waals surface area contributed by atoms with Gasteiger partial charge in [-0.2, -0.15) is 0 Å². The Morgan fingerprint density at radius 1 is 1.17 bits per heavy atom. The normalized spacial score (nSPS) is 13.0. The van der Waals surface area contributed by atoms with Gasteiger partial charge in [-0.25, -0.2) is 8.78 Å². The molecule has 4 heteroatoms. The van der Waals surface area contributed by atoms with Crippen LogP contribution < -0.4 is 11.5 Å². The molecule has 1 aromatic carbocycles. The molecule has 1 atom stereocenters. The largest absolute Gasteiger partial charge is 0.329 e. The van der Waals surface area contributed by atoms with Crippen LogP contribution in [0.15, 0.2) is 18.2 Å². The van der Waals surface area contributed by atoms with Gasteiger partial charge in [-0.1, -0.05) is 0 Å². The predicted octanol–water partition coefficient (Wildman–Crippen LogP) is 0.923. The first kappa shape index (κ1) is 9.09. The molecule has 0 unspecified atom stereocenters. The molecule has 0 aromatic heterocycles. The molecular weight excluding hydrogens is 162 g/mol. The SMILES string of the molecule is NC[C@H](N)c1cc(F)cc(F)c1. The van der Waals surface area contributed by atoms with E-state index in [-0.39, 0.29) is 6.54 Å². The van der Waals surface area contributed by atoms with Crippen molar-refractivity contribution in [1.29, 1.82) is 0 Å². The molecule has 0 aliphatic heterocycles. The lowest BCUT2D eigenvalue weighted by Gasteiger charge is -2.08. The van der Waals surface area contributed by atoms with Crippen molar-refractivity contribution in [1.82, 2.24) is 0 Å². The van der Waals surface area contributed by atoms with Crippen molar-refractivity contribution < 1.29 is 8.78 Å². The highest BCUT2D eigenvalue weighted by Gasteiger charge is 2.06. The summed E-state index contributed by atoms with van der Waals surface area (Å²) in [5.74, 6) is -1.26. The predicted molar refractivity (Wildman–Crippen MR) is 42.3 cm³/mol. The summed E-state index contributed by atoms with van der Waals surface area (Å²) in [6.07, 6.45) is 0. The molecule has 0 spiro atoms. The Hall–Kier alpha value is -1.00. The second-order valence-electron chi connectivity index (χ2n) is 2.54. The summed E-state index contributed by atoms with van der Waals surface area (Å²) in [7, 11) is 0. The van der Waals surface area contributed by atoms with Crippen molar-refractivity contribution in [3.05, 3.63) is 35.4 Å². The molecule has 0 fully saturated rings. The number of hydrogen-bond acceptors (Lipinski definition) is 2. The highest BCUT2D eigenvalue weighted by atomic mass is 19.1. The number of nitrogens with two attached hydrogens (primary N) is 2. The Balaban J connectivity index is 3.00. The van der Waals surface area contributed by atoms with Gasteiger partial charge < -0.3 is 11.5 Å². The van der Waals surface area contributed by atoms with Crippen LogP contribution in [0.2, 0.25) is 0 Å². The van der Waals surface area contributed by atoms with Crippen LogP contribution in [0.3, 0.4) is 0 Å². The highest BCUT2D eigenvalue weighted by molar-refractivity contribution is 5.21. The van der Waals surface area contributed by atoms with Crippen LogP contribution in [0.1, 0.15) is 11.6 Å². The van der Waals surface area contributed by atoms with E-state index in [0.29, 0.717) is 5.56 Å². The molecule has 2 nitrogen and oxygen atoms in total. The Kier molecular flexibility index (Phi) is 2.73. The zero-order valence-electron chi connectivity index (χ0n) is 6.43. The van der Waals surface area contributed by atoms with Gasteiger partial charge in [0, 0.05) is 18.7 Å². The van der Waals surface area contributed by atoms with Gasteiger partial charge in [-0.15, -0.1) is 0 Å². The molecule has 0 amide bonds. The van der Waals surface area contributed by atoms with Gasteiger partial charge in [-0.05, 0) is 17.7 Å². The summed E-state index contributed by atoms with van der Waals surface area (Å²) in [5, 5.41) is 0. The molecule has 0 aliphatic carbocycles. The molecule has 0 saturated heterocycles. The monoisotopic (exact) mass is 172 g/mol. The molecule has 1 aromatic rings. The first-order chi connectivity index (χ1) is 5.63. The lowest BCUT2D eigenvalue weighted by molar-refractivity contribution is 0.574. The standard InChI is InChI=1S/C8H10F2N2/c9-6-1-5(8(12)4-11)2-7(10)3-6/h1-3,8H,4,11-12H2/t8-/m0/s1. The van der Waals surface area contributed by atoms with Crippen molar-refractivity contribution in [2.45, 2.75) is 6.04 Å². The molecule has 0 heterocycles. The topological polar surface area (TPSA) is 52.0 Å². The van der Waals surface area contributed by atoms with Crippen LogP contribution in [0.5, 0.6) is 0 Å². The second kappa shape index (κ2) is 3.60. The molecule has 66 valence electrons. The van der Waals surface area contributed by atoms with Gasteiger partial charge in [0.05, 0.1) is 0 Å². The van der Waals surface area contributed by atoms with Crippen LogP contribution >= 0.6 is 0 Å². The van der Waals surface area contributed by atoms with Crippen molar-refractivity contribution >= 4 is 0 Å². The Bertz CT molecular complexity index is 256. The van der Waals surface area contributed by atoms with E-state index in [0.717, 1.165) is 6.07 Å². The number of hydrogen-bond donors (Lipinski definition) is 2. The number of halogens is 2. The van der Waals surface area contributed by atoms with E-state index in [2.05, 4.69) is 0 Å². The summed E-state index contributed by atoms with van der Waals surface area (Å²) >= 11 is 0. The van der Waals surface area contributed by atoms with E-state index in [1.54, 1.807) is 0 Å². The van der Waals surface area contributed by atoms with Gasteiger partial charge in [0.2, 0.25) is 0 Å². The van der Waals surface area contributed by atoms with Crippen molar-refractivity contribution in [3.8, 4) is 0 Å². The summed E-state index contributed by atoms with van der Waals surface area (Å²) < 4.78 is 25.2. The molecule has 0 bridgehead atoms. The summed E-state index contributed by atoms with van der Waals surface area (Å²) in [5.41, 5.74) is 11.1. The fourth-order valence-electron chi connectivity index (χ4n) is 0.925. The van der Waals surface area contributed by atoms with Crippen LogP contribution in [-0.2, 0) is 0 Å². The minimum Gasteiger partial charge on any atom is -0.329 e. The Labute approximate surface area is 69.2 Å². The quantitative estimate of drug-likeness (QED) is 0.697. The molecule has 0 aliphatic rings. The third kappa shape index (κ3) is 1.99. The van der Waals surface area contributed by atoms with Gasteiger partial charge in [0.25, 0.3) is 0 Å². The zero-order valence-corrected chi connectivity index (χ0v) is 6.43. The highest BCUT2D eigenvalue weighted by Crippen LogP contribution is 2.13. The molecule has 0 radical (unpaired) electrons. The van der Waals surface area contributed by atoms with Crippen LogP contribution in [0.25, 0.3) is 0 Å². The van der Waals surface area contributed by atoms with Gasteiger partial charge in [0.15, 0.2) is 0 Å². The lowest BCUT2D eigenvalue weighted by atomic mass is 10.1. The average molecular weight is 172 g/mol. The number of rotatable bonds is 2. The van der Waals surface area contributed by atoms with Crippen LogP contribution in [0, 0.1) is 11.6 Å². The fourth-order valence-corrected chi connectivity index (χ4v) is 0.925. The summed E-state index contributed by atoms with van der Waals surface area (Å²) in [6.45, 7) is 0.170. The van der Waals surface area contributed by atoms with E-state index in [1.807, 2.05) is 0 Å². The van der Waals surface area contributed by atoms with Gasteiger partial charge >= 0.3 is 0 Å². The van der Waals surface area contributed by atoms with Crippen molar-refractivity contribution in [3.63, 3.8) is 0 Å². The van der Waals surface area contributed by atoms with Crippen LogP contribution in [-0.4, -0.2) is 6.54 Å². The third-order valence-electron chi connectivity index (χ3n) is 1.57. The Morgan fingerprint density at radius 3 is 2.08 bits per heavy atom. The molecule has 4 N–H and O–H groups in total. The maximum atomic E-state index is 12.6. The first-order valence-electron chi connectivity index (χ1n) is 3.55.